The van der Waals surface area contributed by atoms with Gasteiger partial charge < -0.3 is 15.2 Å². The summed E-state index contributed by atoms with van der Waals surface area (Å²) in [5.41, 5.74) is 0. The zero-order chi connectivity index (χ0) is 14.5. The van der Waals surface area contributed by atoms with Crippen LogP contribution in [0, 0.1) is 5.92 Å². The van der Waals surface area contributed by atoms with Gasteiger partial charge in [-0.05, 0) is 12.8 Å². The van der Waals surface area contributed by atoms with E-state index in [1.165, 1.54) is 4.90 Å². The summed E-state index contributed by atoms with van der Waals surface area (Å²) >= 11 is 1.56. The van der Waals surface area contributed by atoms with Gasteiger partial charge in [-0.2, -0.15) is 0 Å². The Balaban J connectivity index is 1.93. The molecule has 0 spiro atoms. The molecule has 3 atom stereocenters. The smallest absolute Gasteiger partial charge is 0.327 e. The Morgan fingerprint density at radius 3 is 2.90 bits per heavy atom. The van der Waals surface area contributed by atoms with Crippen LogP contribution in [-0.2, 0) is 9.53 Å². The lowest BCUT2D eigenvalue weighted by Gasteiger charge is -2.27. The lowest BCUT2D eigenvalue weighted by Crippen LogP contribution is -2.51. The highest BCUT2D eigenvalue weighted by molar-refractivity contribution is 8.00. The highest BCUT2D eigenvalue weighted by Gasteiger charge is 2.41. The fraction of sp³-hybridized carbons (Fsp3) is 0.846. The van der Waals surface area contributed by atoms with Crippen LogP contribution in [0.15, 0.2) is 0 Å². The molecule has 0 saturated carbocycles. The van der Waals surface area contributed by atoms with Crippen molar-refractivity contribution in [2.24, 2.45) is 5.92 Å². The van der Waals surface area contributed by atoms with Gasteiger partial charge in [0.25, 0.3) is 0 Å². The fourth-order valence-electron chi connectivity index (χ4n) is 2.56. The lowest BCUT2D eigenvalue weighted by molar-refractivity contribution is -0.141. The number of carbonyl (C=O) groups excluding carboxylic acids is 1. The molecule has 2 saturated heterocycles. The second-order valence-corrected chi connectivity index (χ2v) is 6.46. The number of thioether (sulfide) groups is 1. The molecule has 2 aliphatic rings. The number of ether oxygens (including phenoxy) is 1. The molecule has 2 fully saturated rings. The minimum absolute atomic E-state index is 0.0269. The maximum absolute atomic E-state index is 12.3. The molecule has 3 unspecified atom stereocenters. The first kappa shape index (κ1) is 15.4. The fourth-order valence-corrected chi connectivity index (χ4v) is 4.08. The van der Waals surface area contributed by atoms with E-state index in [1.807, 2.05) is 6.92 Å². The molecule has 0 aromatic rings. The van der Waals surface area contributed by atoms with Gasteiger partial charge in [-0.3, -0.25) is 4.90 Å². The van der Waals surface area contributed by atoms with Crippen molar-refractivity contribution < 1.29 is 19.4 Å². The summed E-state index contributed by atoms with van der Waals surface area (Å²) in [6, 6.07) is -0.968. The third kappa shape index (κ3) is 3.58. The van der Waals surface area contributed by atoms with E-state index in [0.717, 1.165) is 25.9 Å². The molecule has 114 valence electrons. The topological polar surface area (TPSA) is 78.9 Å². The predicted molar refractivity (Wildman–Crippen MR) is 76.7 cm³/mol. The second-order valence-electron chi connectivity index (χ2n) is 5.25. The van der Waals surface area contributed by atoms with Crippen LogP contribution in [0.3, 0.4) is 0 Å². The molecule has 2 rings (SSSR count). The van der Waals surface area contributed by atoms with Gasteiger partial charge in [-0.15, -0.1) is 11.8 Å². The molecule has 6 nitrogen and oxygen atoms in total. The number of carboxylic acid groups (broad SMARTS) is 1. The lowest BCUT2D eigenvalue weighted by atomic mass is 10.1. The van der Waals surface area contributed by atoms with Crippen LogP contribution in [0.25, 0.3) is 0 Å². The normalized spacial score (nSPS) is 29.6. The number of aliphatic carboxylic acids is 1. The number of nitrogens with zero attached hydrogens (tertiary/aromatic N) is 1. The Morgan fingerprint density at radius 1 is 1.50 bits per heavy atom. The van der Waals surface area contributed by atoms with Crippen molar-refractivity contribution in [3.63, 3.8) is 0 Å². The molecule has 2 heterocycles. The van der Waals surface area contributed by atoms with Gasteiger partial charge in [0.05, 0.1) is 12.0 Å². The standard InChI is InChI=1S/C13H22N2O4S/c1-2-3-11-15(10(8-20-11)12(16)17)13(18)14-6-9-4-5-19-7-9/h9-11H,2-8H2,1H3,(H,14,18)(H,16,17). The van der Waals surface area contributed by atoms with Gasteiger partial charge in [0.15, 0.2) is 0 Å². The van der Waals surface area contributed by atoms with Crippen LogP contribution in [0.4, 0.5) is 4.79 Å². The Labute approximate surface area is 123 Å². The summed E-state index contributed by atoms with van der Waals surface area (Å²) in [6.07, 6.45) is 2.72. The van der Waals surface area contributed by atoms with Crippen LogP contribution in [0.2, 0.25) is 0 Å². The van der Waals surface area contributed by atoms with Crippen molar-refractivity contribution in [1.29, 1.82) is 0 Å². The van der Waals surface area contributed by atoms with Gasteiger partial charge in [-0.1, -0.05) is 13.3 Å². The molecule has 0 radical (unpaired) electrons. The predicted octanol–water partition coefficient (Wildman–Crippen LogP) is 1.36. The van der Waals surface area contributed by atoms with Crippen molar-refractivity contribution in [2.75, 3.05) is 25.5 Å². The van der Waals surface area contributed by atoms with Gasteiger partial charge in [0.2, 0.25) is 0 Å². The van der Waals surface area contributed by atoms with Gasteiger partial charge >= 0.3 is 12.0 Å². The van der Waals surface area contributed by atoms with Crippen molar-refractivity contribution in [2.45, 2.75) is 37.6 Å². The van der Waals surface area contributed by atoms with E-state index in [0.29, 0.717) is 24.8 Å². The van der Waals surface area contributed by atoms with Crippen LogP contribution in [0.1, 0.15) is 26.2 Å². The number of hydrogen-bond acceptors (Lipinski definition) is 4. The summed E-state index contributed by atoms with van der Waals surface area (Å²) in [5, 5.41) is 12.1. The third-order valence-corrected chi connectivity index (χ3v) is 5.07. The van der Waals surface area contributed by atoms with E-state index in [9.17, 15) is 14.7 Å². The van der Waals surface area contributed by atoms with Crippen molar-refractivity contribution in [3.8, 4) is 0 Å². The number of amides is 2. The number of carbonyl (C=O) groups is 2. The number of carboxylic acids is 1. The molecule has 2 aliphatic heterocycles. The monoisotopic (exact) mass is 302 g/mol. The molecular weight excluding hydrogens is 280 g/mol. The van der Waals surface area contributed by atoms with Gasteiger partial charge in [-0.25, -0.2) is 9.59 Å². The summed E-state index contributed by atoms with van der Waals surface area (Å²) in [6.45, 7) is 4.03. The van der Waals surface area contributed by atoms with Crippen LogP contribution in [0.5, 0.6) is 0 Å². The third-order valence-electron chi connectivity index (χ3n) is 3.71. The average molecular weight is 302 g/mol. The van der Waals surface area contributed by atoms with E-state index in [2.05, 4.69) is 5.32 Å². The molecule has 20 heavy (non-hydrogen) atoms. The van der Waals surface area contributed by atoms with Gasteiger partial charge in [0, 0.05) is 24.8 Å². The number of urea groups is 1. The zero-order valence-electron chi connectivity index (χ0n) is 11.7. The van der Waals surface area contributed by atoms with Crippen LogP contribution < -0.4 is 5.32 Å². The Kier molecular flexibility index (Phi) is 5.54. The summed E-state index contributed by atoms with van der Waals surface area (Å²) in [7, 11) is 0. The van der Waals surface area contributed by atoms with E-state index < -0.39 is 12.0 Å². The minimum Gasteiger partial charge on any atom is -0.480 e. The first-order valence-corrected chi connectivity index (χ1v) is 8.16. The molecule has 7 heteroatoms. The number of nitrogens with one attached hydrogen (secondary N) is 1. The maximum atomic E-state index is 12.3. The van der Waals surface area contributed by atoms with E-state index in [4.69, 9.17) is 4.74 Å². The summed E-state index contributed by atoms with van der Waals surface area (Å²) in [5.74, 6) is -0.0995. The number of rotatable bonds is 5. The van der Waals surface area contributed by atoms with Crippen LogP contribution >= 0.6 is 11.8 Å². The molecule has 0 aromatic carbocycles. The highest BCUT2D eigenvalue weighted by atomic mass is 32.2. The minimum atomic E-state index is -0.921. The molecule has 0 aliphatic carbocycles. The molecule has 0 bridgehead atoms. The maximum Gasteiger partial charge on any atom is 0.327 e. The molecule has 2 N–H and O–H groups in total. The van der Waals surface area contributed by atoms with E-state index >= 15 is 0 Å². The molecule has 0 aromatic heterocycles. The largest absolute Gasteiger partial charge is 0.480 e. The average Bonchev–Trinajstić information content (AvgIpc) is 3.05. The first-order chi connectivity index (χ1) is 9.63. The van der Waals surface area contributed by atoms with Crippen molar-refractivity contribution in [1.82, 2.24) is 10.2 Å². The number of hydrogen-bond donors (Lipinski definition) is 2. The van der Waals surface area contributed by atoms with E-state index in [1.54, 1.807) is 11.8 Å². The van der Waals surface area contributed by atoms with Gasteiger partial charge in [0.1, 0.15) is 6.04 Å². The Bertz CT molecular complexity index is 360. The quantitative estimate of drug-likeness (QED) is 0.801. The Morgan fingerprint density at radius 2 is 2.30 bits per heavy atom. The Hall–Kier alpha value is -0.950. The molecular formula is C13H22N2O4S. The van der Waals surface area contributed by atoms with Crippen LogP contribution in [-0.4, -0.2) is 58.9 Å². The second kappa shape index (κ2) is 7.17. The highest BCUT2D eigenvalue weighted by Crippen LogP contribution is 2.32. The SMILES string of the molecule is CCCC1SCC(C(=O)O)N1C(=O)NCC1CCOC1. The first-order valence-electron chi connectivity index (χ1n) is 7.11. The summed E-state index contributed by atoms with van der Waals surface area (Å²) in [4.78, 5) is 25.1. The zero-order valence-corrected chi connectivity index (χ0v) is 12.5. The summed E-state index contributed by atoms with van der Waals surface area (Å²) < 4.78 is 5.27. The van der Waals surface area contributed by atoms with Crippen molar-refractivity contribution in [3.05, 3.63) is 0 Å². The van der Waals surface area contributed by atoms with E-state index in [-0.39, 0.29) is 11.4 Å². The van der Waals surface area contributed by atoms with Crippen molar-refractivity contribution >= 4 is 23.8 Å². The molecule has 2 amide bonds.